The van der Waals surface area contributed by atoms with Gasteiger partial charge in [-0.25, -0.2) is 9.78 Å². The molecule has 0 aliphatic carbocycles. The lowest BCUT2D eigenvalue weighted by Gasteiger charge is -2.25. The van der Waals surface area contributed by atoms with Crippen molar-refractivity contribution in [1.29, 1.82) is 0 Å². The van der Waals surface area contributed by atoms with Gasteiger partial charge in [0.2, 0.25) is 0 Å². The fourth-order valence-corrected chi connectivity index (χ4v) is 1.58. The number of nitrogen functional groups attached to an aromatic ring is 1. The summed E-state index contributed by atoms with van der Waals surface area (Å²) >= 11 is 0. The number of nitrogens with zero attached hydrogens (tertiary/aromatic N) is 1. The second-order valence-electron chi connectivity index (χ2n) is 4.32. The van der Waals surface area contributed by atoms with E-state index in [1.54, 1.807) is 6.07 Å². The number of nitrogens with two attached hydrogens (primary N) is 1. The maximum absolute atomic E-state index is 11.9. The molecule has 6 heteroatoms. The Labute approximate surface area is 105 Å². The summed E-state index contributed by atoms with van der Waals surface area (Å²) < 4.78 is 0. The van der Waals surface area contributed by atoms with Crippen LogP contribution < -0.4 is 11.1 Å². The predicted molar refractivity (Wildman–Crippen MR) is 67.1 cm³/mol. The van der Waals surface area contributed by atoms with Crippen LogP contribution in [0.5, 0.6) is 0 Å². The monoisotopic (exact) mass is 251 g/mol. The van der Waals surface area contributed by atoms with Gasteiger partial charge in [-0.05, 0) is 25.5 Å². The minimum absolute atomic E-state index is 0.146. The van der Waals surface area contributed by atoms with Crippen LogP contribution in [0.3, 0.4) is 0 Å². The molecular weight excluding hydrogens is 234 g/mol. The Bertz CT molecular complexity index is 444. The van der Waals surface area contributed by atoms with Crippen LogP contribution in [0.15, 0.2) is 18.3 Å². The van der Waals surface area contributed by atoms with Gasteiger partial charge in [-0.15, -0.1) is 0 Å². The first-order chi connectivity index (χ1) is 8.39. The van der Waals surface area contributed by atoms with Gasteiger partial charge in [-0.3, -0.25) is 4.79 Å². The van der Waals surface area contributed by atoms with Crippen LogP contribution >= 0.6 is 0 Å². The SMILES string of the molecule is CCCC(C)(NC(=O)c1ccc(N)cn1)C(=O)O. The van der Waals surface area contributed by atoms with E-state index in [0.717, 1.165) is 0 Å². The zero-order valence-electron chi connectivity index (χ0n) is 10.4. The number of hydrogen-bond acceptors (Lipinski definition) is 4. The average Bonchev–Trinajstić information content (AvgIpc) is 2.29. The maximum Gasteiger partial charge on any atom is 0.329 e. The first kappa shape index (κ1) is 14.0. The van der Waals surface area contributed by atoms with Crippen molar-refractivity contribution >= 4 is 17.6 Å². The lowest BCUT2D eigenvalue weighted by molar-refractivity contribution is -0.144. The van der Waals surface area contributed by atoms with Gasteiger partial charge in [0.15, 0.2) is 0 Å². The van der Waals surface area contributed by atoms with Crippen molar-refractivity contribution in [3.05, 3.63) is 24.0 Å². The molecule has 18 heavy (non-hydrogen) atoms. The normalized spacial score (nSPS) is 13.7. The standard InChI is InChI=1S/C12H17N3O3/c1-3-6-12(2,11(17)18)15-10(16)9-5-4-8(13)7-14-9/h4-5,7H,3,6,13H2,1-2H3,(H,15,16)(H,17,18). The summed E-state index contributed by atoms with van der Waals surface area (Å²) in [6.07, 6.45) is 2.36. The smallest absolute Gasteiger partial charge is 0.329 e. The van der Waals surface area contributed by atoms with E-state index in [1.165, 1.54) is 19.2 Å². The molecule has 0 saturated carbocycles. The summed E-state index contributed by atoms with van der Waals surface area (Å²) in [7, 11) is 0. The van der Waals surface area contributed by atoms with E-state index in [4.69, 9.17) is 10.8 Å². The van der Waals surface area contributed by atoms with Gasteiger partial charge in [0.05, 0.1) is 11.9 Å². The van der Waals surface area contributed by atoms with Crippen molar-refractivity contribution in [3.8, 4) is 0 Å². The molecule has 1 aromatic rings. The number of anilines is 1. The zero-order valence-corrected chi connectivity index (χ0v) is 10.4. The highest BCUT2D eigenvalue weighted by Crippen LogP contribution is 2.13. The van der Waals surface area contributed by atoms with Crippen LogP contribution in [0, 0.1) is 0 Å². The molecule has 1 aromatic heterocycles. The van der Waals surface area contributed by atoms with E-state index in [0.29, 0.717) is 18.5 Å². The van der Waals surface area contributed by atoms with Gasteiger partial charge in [0.25, 0.3) is 5.91 Å². The molecule has 0 radical (unpaired) electrons. The van der Waals surface area contributed by atoms with E-state index < -0.39 is 17.4 Å². The minimum Gasteiger partial charge on any atom is -0.480 e. The first-order valence-corrected chi connectivity index (χ1v) is 5.66. The third kappa shape index (κ3) is 3.19. The predicted octanol–water partition coefficient (Wildman–Crippen LogP) is 1.04. The lowest BCUT2D eigenvalue weighted by atomic mass is 9.96. The van der Waals surface area contributed by atoms with Gasteiger partial charge in [0, 0.05) is 0 Å². The fraction of sp³-hybridized carbons (Fsp3) is 0.417. The molecule has 98 valence electrons. The number of aliphatic carboxylic acids is 1. The van der Waals surface area contributed by atoms with Crippen molar-refractivity contribution in [2.75, 3.05) is 5.73 Å². The number of pyridine rings is 1. The van der Waals surface area contributed by atoms with Crippen LogP contribution in [-0.2, 0) is 4.79 Å². The number of rotatable bonds is 5. The van der Waals surface area contributed by atoms with Gasteiger partial charge < -0.3 is 16.2 Å². The van der Waals surface area contributed by atoms with Crippen molar-refractivity contribution in [2.45, 2.75) is 32.2 Å². The average molecular weight is 251 g/mol. The Morgan fingerprint density at radius 2 is 2.17 bits per heavy atom. The van der Waals surface area contributed by atoms with E-state index in [1.807, 2.05) is 6.92 Å². The Kier molecular flexibility index (Phi) is 4.25. The van der Waals surface area contributed by atoms with E-state index in [-0.39, 0.29) is 5.69 Å². The Balaban J connectivity index is 2.85. The number of carboxylic acids is 1. The van der Waals surface area contributed by atoms with Crippen LogP contribution in [0.1, 0.15) is 37.2 Å². The molecule has 6 nitrogen and oxygen atoms in total. The molecule has 0 saturated heterocycles. The molecule has 4 N–H and O–H groups in total. The van der Waals surface area contributed by atoms with Gasteiger partial charge >= 0.3 is 5.97 Å². The third-order valence-electron chi connectivity index (χ3n) is 2.63. The molecular formula is C12H17N3O3. The van der Waals surface area contributed by atoms with Crippen LogP contribution in [0.25, 0.3) is 0 Å². The number of carbonyl (C=O) groups is 2. The van der Waals surface area contributed by atoms with Gasteiger partial charge in [-0.2, -0.15) is 0 Å². The number of carbonyl (C=O) groups excluding carboxylic acids is 1. The second kappa shape index (κ2) is 5.48. The summed E-state index contributed by atoms with van der Waals surface area (Å²) in [6, 6.07) is 3.00. The lowest BCUT2D eigenvalue weighted by Crippen LogP contribution is -2.52. The van der Waals surface area contributed by atoms with Gasteiger partial charge in [-0.1, -0.05) is 13.3 Å². The number of amides is 1. The summed E-state index contributed by atoms with van der Waals surface area (Å²) in [5.74, 6) is -1.58. The molecule has 0 aliphatic heterocycles. The molecule has 1 rings (SSSR count). The van der Waals surface area contributed by atoms with Crippen molar-refractivity contribution in [2.24, 2.45) is 0 Å². The molecule has 0 bridgehead atoms. The summed E-state index contributed by atoms with van der Waals surface area (Å²) in [6.45, 7) is 3.34. The molecule has 1 amide bonds. The van der Waals surface area contributed by atoms with E-state index in [2.05, 4.69) is 10.3 Å². The topological polar surface area (TPSA) is 105 Å². The molecule has 0 aliphatic rings. The van der Waals surface area contributed by atoms with Gasteiger partial charge in [0.1, 0.15) is 11.2 Å². The molecule has 0 aromatic carbocycles. The third-order valence-corrected chi connectivity index (χ3v) is 2.63. The Morgan fingerprint density at radius 3 is 2.61 bits per heavy atom. The number of carboxylic acid groups (broad SMARTS) is 1. The van der Waals surface area contributed by atoms with E-state index >= 15 is 0 Å². The Hall–Kier alpha value is -2.11. The largest absolute Gasteiger partial charge is 0.480 e. The van der Waals surface area contributed by atoms with E-state index in [9.17, 15) is 9.59 Å². The highest BCUT2D eigenvalue weighted by Gasteiger charge is 2.34. The van der Waals surface area contributed by atoms with Crippen molar-refractivity contribution < 1.29 is 14.7 Å². The highest BCUT2D eigenvalue weighted by atomic mass is 16.4. The molecule has 0 fully saturated rings. The Morgan fingerprint density at radius 1 is 1.50 bits per heavy atom. The maximum atomic E-state index is 11.9. The molecule has 0 spiro atoms. The van der Waals surface area contributed by atoms with Crippen LogP contribution in [0.2, 0.25) is 0 Å². The summed E-state index contributed by atoms with van der Waals surface area (Å²) in [5, 5.41) is 11.6. The number of nitrogens with one attached hydrogen (secondary N) is 1. The molecule has 1 unspecified atom stereocenters. The number of aromatic nitrogens is 1. The minimum atomic E-state index is -1.28. The quantitative estimate of drug-likeness (QED) is 0.725. The summed E-state index contributed by atoms with van der Waals surface area (Å²) in [4.78, 5) is 26.9. The second-order valence-corrected chi connectivity index (χ2v) is 4.32. The summed E-state index contributed by atoms with van der Waals surface area (Å²) in [5.41, 5.74) is 4.77. The highest BCUT2D eigenvalue weighted by molar-refractivity contribution is 5.96. The first-order valence-electron chi connectivity index (χ1n) is 5.66. The molecule has 1 atom stereocenters. The zero-order chi connectivity index (χ0) is 13.8. The van der Waals surface area contributed by atoms with Crippen LogP contribution in [0.4, 0.5) is 5.69 Å². The molecule has 1 heterocycles. The van der Waals surface area contributed by atoms with Crippen molar-refractivity contribution in [3.63, 3.8) is 0 Å². The fourth-order valence-electron chi connectivity index (χ4n) is 1.58. The van der Waals surface area contributed by atoms with Crippen molar-refractivity contribution in [1.82, 2.24) is 10.3 Å². The van der Waals surface area contributed by atoms with Crippen LogP contribution in [-0.4, -0.2) is 27.5 Å². The number of hydrogen-bond donors (Lipinski definition) is 3.